The van der Waals surface area contributed by atoms with Crippen LogP contribution in [0.4, 0.5) is 11.4 Å². The van der Waals surface area contributed by atoms with E-state index in [1.54, 1.807) is 25.1 Å². The lowest BCUT2D eigenvalue weighted by atomic mass is 10.1. The molecule has 1 atom stereocenters. The number of rotatable bonds is 7. The number of carboxylic acids is 1. The highest BCUT2D eigenvalue weighted by molar-refractivity contribution is 8.00. The van der Waals surface area contributed by atoms with Gasteiger partial charge in [0.15, 0.2) is 0 Å². The molecule has 0 saturated heterocycles. The standard InChI is InChI=1S/C27H22N2O5S/c1-16(25(31)29-21-10-13-24(30)23(15-21)27(33)34)35-22-11-8-20(9-12-22)28-26(32)19-7-6-17-4-2-3-5-18(17)14-19/h2-16,30H,1H3,(H,28,32)(H,29,31)(H,33,34). The summed E-state index contributed by atoms with van der Waals surface area (Å²) in [6, 6.07) is 24.4. The van der Waals surface area contributed by atoms with E-state index in [4.69, 9.17) is 5.11 Å². The number of hydrogen-bond donors (Lipinski definition) is 4. The van der Waals surface area contributed by atoms with Gasteiger partial charge in [0.1, 0.15) is 11.3 Å². The summed E-state index contributed by atoms with van der Waals surface area (Å²) in [5.74, 6) is -2.18. The molecule has 0 bridgehead atoms. The zero-order valence-corrected chi connectivity index (χ0v) is 19.5. The van der Waals surface area contributed by atoms with E-state index in [0.29, 0.717) is 11.3 Å². The molecule has 4 N–H and O–H groups in total. The van der Waals surface area contributed by atoms with E-state index in [-0.39, 0.29) is 28.8 Å². The van der Waals surface area contributed by atoms with Gasteiger partial charge in [0, 0.05) is 21.8 Å². The first kappa shape index (κ1) is 23.8. The molecule has 35 heavy (non-hydrogen) atoms. The second-order valence-electron chi connectivity index (χ2n) is 7.83. The maximum absolute atomic E-state index is 12.6. The van der Waals surface area contributed by atoms with Crippen LogP contribution in [0.2, 0.25) is 0 Å². The van der Waals surface area contributed by atoms with Crippen molar-refractivity contribution >= 4 is 51.7 Å². The minimum absolute atomic E-state index is 0.210. The molecule has 0 spiro atoms. The van der Waals surface area contributed by atoms with Gasteiger partial charge in [-0.15, -0.1) is 11.8 Å². The van der Waals surface area contributed by atoms with Crippen molar-refractivity contribution in [3.8, 4) is 5.75 Å². The predicted molar refractivity (Wildman–Crippen MR) is 137 cm³/mol. The summed E-state index contributed by atoms with van der Waals surface area (Å²) in [5.41, 5.74) is 1.19. The first-order valence-electron chi connectivity index (χ1n) is 10.7. The molecule has 0 aliphatic carbocycles. The van der Waals surface area contributed by atoms with Crippen LogP contribution in [-0.4, -0.2) is 33.2 Å². The van der Waals surface area contributed by atoms with E-state index >= 15 is 0 Å². The average molecular weight is 487 g/mol. The van der Waals surface area contributed by atoms with Gasteiger partial charge in [-0.2, -0.15) is 0 Å². The van der Waals surface area contributed by atoms with Crippen molar-refractivity contribution in [2.24, 2.45) is 0 Å². The molecule has 0 saturated carbocycles. The minimum atomic E-state index is -1.28. The number of carbonyl (C=O) groups excluding carboxylic acids is 2. The number of hydrogen-bond acceptors (Lipinski definition) is 5. The fraction of sp³-hybridized carbons (Fsp3) is 0.0741. The van der Waals surface area contributed by atoms with Crippen LogP contribution in [0.1, 0.15) is 27.6 Å². The maximum Gasteiger partial charge on any atom is 0.339 e. The highest BCUT2D eigenvalue weighted by atomic mass is 32.2. The van der Waals surface area contributed by atoms with Crippen LogP contribution in [0.3, 0.4) is 0 Å². The Balaban J connectivity index is 1.36. The Morgan fingerprint density at radius 2 is 1.49 bits per heavy atom. The molecule has 176 valence electrons. The van der Waals surface area contributed by atoms with Gasteiger partial charge in [-0.3, -0.25) is 9.59 Å². The summed E-state index contributed by atoms with van der Waals surface area (Å²) in [5, 5.41) is 25.8. The van der Waals surface area contributed by atoms with E-state index in [1.165, 1.54) is 30.0 Å². The van der Waals surface area contributed by atoms with E-state index in [1.807, 2.05) is 48.5 Å². The summed E-state index contributed by atoms with van der Waals surface area (Å²) >= 11 is 1.32. The number of aromatic hydroxyl groups is 1. The Morgan fingerprint density at radius 1 is 0.800 bits per heavy atom. The van der Waals surface area contributed by atoms with Gasteiger partial charge < -0.3 is 20.8 Å². The molecule has 8 heteroatoms. The molecular weight excluding hydrogens is 464 g/mol. The quantitative estimate of drug-likeness (QED) is 0.199. The minimum Gasteiger partial charge on any atom is -0.507 e. The van der Waals surface area contributed by atoms with Gasteiger partial charge in [0.2, 0.25) is 5.91 Å². The van der Waals surface area contributed by atoms with Crippen molar-refractivity contribution in [1.82, 2.24) is 0 Å². The van der Waals surface area contributed by atoms with Crippen LogP contribution >= 0.6 is 11.8 Å². The Labute approximate surface area is 205 Å². The zero-order chi connectivity index (χ0) is 24.9. The normalized spacial score (nSPS) is 11.6. The molecule has 0 aromatic heterocycles. The van der Waals surface area contributed by atoms with Crippen LogP contribution < -0.4 is 10.6 Å². The number of fused-ring (bicyclic) bond motifs is 1. The highest BCUT2D eigenvalue weighted by Gasteiger charge is 2.17. The van der Waals surface area contributed by atoms with E-state index in [2.05, 4.69) is 10.6 Å². The van der Waals surface area contributed by atoms with Gasteiger partial charge in [-0.05, 0) is 72.3 Å². The fourth-order valence-electron chi connectivity index (χ4n) is 3.44. The van der Waals surface area contributed by atoms with Crippen LogP contribution in [0.5, 0.6) is 5.75 Å². The van der Waals surface area contributed by atoms with Crippen molar-refractivity contribution in [3.63, 3.8) is 0 Å². The highest BCUT2D eigenvalue weighted by Crippen LogP contribution is 2.27. The summed E-state index contributed by atoms with van der Waals surface area (Å²) in [6.45, 7) is 1.73. The van der Waals surface area contributed by atoms with Crippen LogP contribution in [0.15, 0.2) is 89.8 Å². The number of amides is 2. The molecule has 0 fully saturated rings. The van der Waals surface area contributed by atoms with Crippen molar-refractivity contribution in [3.05, 3.63) is 96.1 Å². The molecule has 0 aliphatic rings. The summed E-state index contributed by atoms with van der Waals surface area (Å²) in [7, 11) is 0. The van der Waals surface area contributed by atoms with Crippen molar-refractivity contribution in [2.45, 2.75) is 17.1 Å². The Kier molecular flexibility index (Phi) is 7.03. The zero-order valence-electron chi connectivity index (χ0n) is 18.7. The van der Waals surface area contributed by atoms with Crippen molar-refractivity contribution in [1.29, 1.82) is 0 Å². The number of benzene rings is 4. The maximum atomic E-state index is 12.6. The third-order valence-corrected chi connectivity index (χ3v) is 6.41. The first-order valence-corrected chi connectivity index (χ1v) is 11.6. The smallest absolute Gasteiger partial charge is 0.339 e. The predicted octanol–water partition coefficient (Wildman–Crippen LogP) is 5.62. The van der Waals surface area contributed by atoms with Gasteiger partial charge >= 0.3 is 5.97 Å². The van der Waals surface area contributed by atoms with Crippen LogP contribution in [0, 0.1) is 0 Å². The van der Waals surface area contributed by atoms with Gasteiger partial charge in [-0.1, -0.05) is 30.3 Å². The molecule has 4 rings (SSSR count). The van der Waals surface area contributed by atoms with Crippen molar-refractivity contribution in [2.75, 3.05) is 10.6 Å². The number of carboxylic acid groups (broad SMARTS) is 1. The number of nitrogens with one attached hydrogen (secondary N) is 2. The van der Waals surface area contributed by atoms with Gasteiger partial charge in [0.25, 0.3) is 5.91 Å². The van der Waals surface area contributed by atoms with E-state index in [0.717, 1.165) is 15.7 Å². The molecule has 1 unspecified atom stereocenters. The lowest BCUT2D eigenvalue weighted by molar-refractivity contribution is -0.115. The van der Waals surface area contributed by atoms with Crippen molar-refractivity contribution < 1.29 is 24.6 Å². The molecular formula is C27H22N2O5S. The molecule has 7 nitrogen and oxygen atoms in total. The van der Waals surface area contributed by atoms with Gasteiger partial charge in [0.05, 0.1) is 5.25 Å². The Bertz CT molecular complexity index is 1420. The largest absolute Gasteiger partial charge is 0.507 e. The number of aromatic carboxylic acids is 1. The molecule has 2 amide bonds. The van der Waals surface area contributed by atoms with Crippen LogP contribution in [-0.2, 0) is 4.79 Å². The van der Waals surface area contributed by atoms with Gasteiger partial charge in [-0.25, -0.2) is 4.79 Å². The third kappa shape index (κ3) is 5.80. The number of thioether (sulfide) groups is 1. The summed E-state index contributed by atoms with van der Waals surface area (Å²) < 4.78 is 0. The molecule has 0 heterocycles. The number of phenols is 1. The average Bonchev–Trinajstić information content (AvgIpc) is 2.85. The molecule has 4 aromatic rings. The topological polar surface area (TPSA) is 116 Å². The monoisotopic (exact) mass is 486 g/mol. The number of anilines is 2. The summed E-state index contributed by atoms with van der Waals surface area (Å²) in [6.07, 6.45) is 0. The summed E-state index contributed by atoms with van der Waals surface area (Å²) in [4.78, 5) is 37.2. The van der Waals surface area contributed by atoms with E-state index in [9.17, 15) is 19.5 Å². The second-order valence-corrected chi connectivity index (χ2v) is 9.24. The van der Waals surface area contributed by atoms with Crippen LogP contribution in [0.25, 0.3) is 10.8 Å². The third-order valence-electron chi connectivity index (χ3n) is 5.30. The Hall–Kier alpha value is -4.30. The lowest BCUT2D eigenvalue weighted by Gasteiger charge is -2.13. The Morgan fingerprint density at radius 3 is 2.20 bits per heavy atom. The molecule has 4 aromatic carbocycles. The van der Waals surface area contributed by atoms with E-state index < -0.39 is 11.2 Å². The molecule has 0 aliphatic heterocycles. The molecule has 0 radical (unpaired) electrons. The fourth-order valence-corrected chi connectivity index (χ4v) is 4.30. The SMILES string of the molecule is CC(Sc1ccc(NC(=O)c2ccc3ccccc3c2)cc1)C(=O)Nc1ccc(O)c(C(=O)O)c1. The first-order chi connectivity index (χ1) is 16.8. The second kappa shape index (κ2) is 10.3. The number of carbonyl (C=O) groups is 3. The lowest BCUT2D eigenvalue weighted by Crippen LogP contribution is -2.22.